The molecule has 5 nitrogen and oxygen atoms in total. The van der Waals surface area contributed by atoms with E-state index < -0.39 is 0 Å². The van der Waals surface area contributed by atoms with E-state index in [-0.39, 0.29) is 18.1 Å². The lowest BCUT2D eigenvalue weighted by Gasteiger charge is -2.22. The van der Waals surface area contributed by atoms with Crippen molar-refractivity contribution >= 4 is 0 Å². The molecule has 1 aromatic heterocycles. The topological polar surface area (TPSA) is 68.4 Å². The lowest BCUT2D eigenvalue weighted by Crippen LogP contribution is -2.26. The van der Waals surface area contributed by atoms with Crippen LogP contribution in [0.25, 0.3) is 0 Å². The zero-order valence-corrected chi connectivity index (χ0v) is 8.19. The van der Waals surface area contributed by atoms with E-state index in [1.165, 1.54) is 0 Å². The second kappa shape index (κ2) is 3.67. The van der Waals surface area contributed by atoms with Gasteiger partial charge in [0.05, 0.1) is 0 Å². The van der Waals surface area contributed by atoms with Crippen LogP contribution in [0, 0.1) is 0 Å². The molecule has 0 bridgehead atoms. The normalized spacial score (nSPS) is 20.1. The molecular formula is C9H14N2O3. The summed E-state index contributed by atoms with van der Waals surface area (Å²) in [7, 11) is 1.67. The van der Waals surface area contributed by atoms with Crippen LogP contribution in [0.4, 0.5) is 0 Å². The summed E-state index contributed by atoms with van der Waals surface area (Å²) in [5.41, 5.74) is -0.378. The summed E-state index contributed by atoms with van der Waals surface area (Å²) in [5.74, 6) is 0.824. The Labute approximate surface area is 82.1 Å². The van der Waals surface area contributed by atoms with Gasteiger partial charge >= 0.3 is 0 Å². The number of nitrogens with zero attached hydrogens (tertiary/aromatic N) is 2. The fourth-order valence-corrected chi connectivity index (χ4v) is 1.97. The van der Waals surface area contributed by atoms with E-state index in [1.807, 2.05) is 0 Å². The van der Waals surface area contributed by atoms with Crippen LogP contribution in [0.2, 0.25) is 0 Å². The fourth-order valence-electron chi connectivity index (χ4n) is 1.97. The summed E-state index contributed by atoms with van der Waals surface area (Å²) >= 11 is 0. The Kier molecular flexibility index (Phi) is 2.52. The summed E-state index contributed by atoms with van der Waals surface area (Å²) < 4.78 is 10.3. The van der Waals surface area contributed by atoms with E-state index in [2.05, 4.69) is 10.1 Å². The van der Waals surface area contributed by atoms with E-state index in [0.717, 1.165) is 25.7 Å². The standard InChI is InChI=1S/C9H14N2O3/c1-13-9(4-2-3-5-9)8-10-7(6-12)14-11-8/h12H,2-6H2,1H3. The van der Waals surface area contributed by atoms with Crippen molar-refractivity contribution in [2.24, 2.45) is 0 Å². The predicted octanol–water partition coefficient (Wildman–Crippen LogP) is 0.978. The van der Waals surface area contributed by atoms with E-state index in [9.17, 15) is 0 Å². The summed E-state index contributed by atoms with van der Waals surface area (Å²) in [4.78, 5) is 4.10. The molecule has 1 fully saturated rings. The highest BCUT2D eigenvalue weighted by Crippen LogP contribution is 2.39. The highest BCUT2D eigenvalue weighted by molar-refractivity contribution is 5.04. The number of ether oxygens (including phenoxy) is 1. The van der Waals surface area contributed by atoms with Gasteiger partial charge in [-0.1, -0.05) is 5.16 Å². The molecule has 78 valence electrons. The molecule has 1 aromatic rings. The molecule has 0 spiro atoms. The van der Waals surface area contributed by atoms with Gasteiger partial charge in [-0.25, -0.2) is 0 Å². The first-order valence-electron chi connectivity index (χ1n) is 4.80. The Morgan fingerprint density at radius 1 is 1.50 bits per heavy atom. The first-order chi connectivity index (χ1) is 6.80. The number of methoxy groups -OCH3 is 1. The minimum atomic E-state index is -0.378. The molecule has 14 heavy (non-hydrogen) atoms. The number of rotatable bonds is 3. The van der Waals surface area contributed by atoms with Crippen molar-refractivity contribution in [3.8, 4) is 0 Å². The Morgan fingerprint density at radius 2 is 2.21 bits per heavy atom. The largest absolute Gasteiger partial charge is 0.387 e. The molecule has 2 rings (SSSR count). The zero-order valence-electron chi connectivity index (χ0n) is 8.19. The van der Waals surface area contributed by atoms with Crippen molar-refractivity contribution in [3.63, 3.8) is 0 Å². The van der Waals surface area contributed by atoms with Crippen LogP contribution in [-0.4, -0.2) is 22.4 Å². The van der Waals surface area contributed by atoms with Crippen molar-refractivity contribution in [2.45, 2.75) is 37.9 Å². The Bertz CT molecular complexity index is 305. The van der Waals surface area contributed by atoms with Crippen LogP contribution >= 0.6 is 0 Å². The second-order valence-corrected chi connectivity index (χ2v) is 3.58. The van der Waals surface area contributed by atoms with Gasteiger partial charge in [0, 0.05) is 7.11 Å². The Balaban J connectivity index is 2.26. The molecule has 0 unspecified atom stereocenters. The number of aromatic nitrogens is 2. The third-order valence-corrected chi connectivity index (χ3v) is 2.81. The highest BCUT2D eigenvalue weighted by atomic mass is 16.5. The third-order valence-electron chi connectivity index (χ3n) is 2.81. The van der Waals surface area contributed by atoms with Crippen LogP contribution in [-0.2, 0) is 16.9 Å². The maximum atomic E-state index is 8.81. The maximum absolute atomic E-state index is 8.81. The summed E-state index contributed by atoms with van der Waals surface area (Å²) in [6.45, 7) is -0.215. The molecule has 0 aromatic carbocycles. The van der Waals surface area contributed by atoms with E-state index in [4.69, 9.17) is 14.4 Å². The number of aliphatic hydroxyl groups is 1. The lowest BCUT2D eigenvalue weighted by molar-refractivity contribution is -0.0178. The quantitative estimate of drug-likeness (QED) is 0.784. The van der Waals surface area contributed by atoms with Crippen LogP contribution < -0.4 is 0 Å². The van der Waals surface area contributed by atoms with Crippen molar-refractivity contribution in [2.75, 3.05) is 7.11 Å². The molecule has 0 aliphatic heterocycles. The molecule has 0 radical (unpaired) electrons. The second-order valence-electron chi connectivity index (χ2n) is 3.58. The monoisotopic (exact) mass is 198 g/mol. The van der Waals surface area contributed by atoms with Crippen LogP contribution in [0.15, 0.2) is 4.52 Å². The van der Waals surface area contributed by atoms with Gasteiger partial charge in [0.1, 0.15) is 12.2 Å². The van der Waals surface area contributed by atoms with Crippen LogP contribution in [0.5, 0.6) is 0 Å². The Hall–Kier alpha value is -0.940. The number of hydrogen-bond donors (Lipinski definition) is 1. The van der Waals surface area contributed by atoms with Crippen molar-refractivity contribution in [1.29, 1.82) is 0 Å². The van der Waals surface area contributed by atoms with Crippen LogP contribution in [0.1, 0.15) is 37.4 Å². The number of hydrogen-bond acceptors (Lipinski definition) is 5. The molecule has 1 heterocycles. The van der Waals surface area contributed by atoms with Gasteiger partial charge in [0.15, 0.2) is 0 Å². The zero-order chi connectivity index (χ0) is 10.0. The number of aliphatic hydroxyl groups excluding tert-OH is 1. The molecule has 1 aliphatic carbocycles. The van der Waals surface area contributed by atoms with Gasteiger partial charge in [-0.2, -0.15) is 4.98 Å². The first-order valence-corrected chi connectivity index (χ1v) is 4.80. The van der Waals surface area contributed by atoms with Crippen molar-refractivity contribution in [1.82, 2.24) is 10.1 Å². The van der Waals surface area contributed by atoms with Crippen molar-refractivity contribution in [3.05, 3.63) is 11.7 Å². The van der Waals surface area contributed by atoms with Gasteiger partial charge in [-0.3, -0.25) is 0 Å². The summed E-state index contributed by atoms with van der Waals surface area (Å²) in [6, 6.07) is 0. The predicted molar refractivity (Wildman–Crippen MR) is 47.4 cm³/mol. The maximum Gasteiger partial charge on any atom is 0.252 e. The molecule has 0 atom stereocenters. The first kappa shape index (κ1) is 9.61. The molecular weight excluding hydrogens is 184 g/mol. The molecule has 0 amide bonds. The average Bonchev–Trinajstić information content (AvgIpc) is 2.87. The van der Waals surface area contributed by atoms with Crippen molar-refractivity contribution < 1.29 is 14.4 Å². The smallest absolute Gasteiger partial charge is 0.252 e. The fraction of sp³-hybridized carbons (Fsp3) is 0.778. The van der Waals surface area contributed by atoms with Gasteiger partial charge < -0.3 is 14.4 Å². The van der Waals surface area contributed by atoms with Crippen LogP contribution in [0.3, 0.4) is 0 Å². The minimum Gasteiger partial charge on any atom is -0.387 e. The van der Waals surface area contributed by atoms with E-state index in [0.29, 0.717) is 5.82 Å². The minimum absolute atomic E-state index is 0.215. The average molecular weight is 198 g/mol. The Morgan fingerprint density at radius 3 is 2.71 bits per heavy atom. The van der Waals surface area contributed by atoms with Gasteiger partial charge in [-0.05, 0) is 25.7 Å². The highest BCUT2D eigenvalue weighted by Gasteiger charge is 2.40. The lowest BCUT2D eigenvalue weighted by atomic mass is 10.0. The van der Waals surface area contributed by atoms with Gasteiger partial charge in [-0.15, -0.1) is 0 Å². The molecule has 1 aliphatic rings. The summed E-state index contributed by atoms with van der Waals surface area (Å²) in [5, 5.41) is 12.7. The molecule has 1 N–H and O–H groups in total. The van der Waals surface area contributed by atoms with Gasteiger partial charge in [0.2, 0.25) is 5.82 Å². The van der Waals surface area contributed by atoms with Gasteiger partial charge in [0.25, 0.3) is 5.89 Å². The van der Waals surface area contributed by atoms with E-state index >= 15 is 0 Å². The molecule has 5 heteroatoms. The summed E-state index contributed by atoms with van der Waals surface area (Å²) in [6.07, 6.45) is 4.09. The molecule has 1 saturated carbocycles. The van der Waals surface area contributed by atoms with E-state index in [1.54, 1.807) is 7.11 Å². The third kappa shape index (κ3) is 1.42. The molecule has 0 saturated heterocycles. The SMILES string of the molecule is COC1(c2noc(CO)n2)CCCC1.